The van der Waals surface area contributed by atoms with Crippen LogP contribution in [0.25, 0.3) is 0 Å². The Bertz CT molecular complexity index is 758. The van der Waals surface area contributed by atoms with Crippen LogP contribution in [-0.2, 0) is 5.33 Å². The first-order valence-electron chi connectivity index (χ1n) is 7.76. The summed E-state index contributed by atoms with van der Waals surface area (Å²) in [7, 11) is 0. The summed E-state index contributed by atoms with van der Waals surface area (Å²) in [5.41, 5.74) is 7.37. The van der Waals surface area contributed by atoms with Crippen LogP contribution < -0.4 is 4.90 Å². The van der Waals surface area contributed by atoms with Gasteiger partial charge in [0.05, 0.1) is 0 Å². The Hall–Kier alpha value is -2.06. The van der Waals surface area contributed by atoms with Crippen LogP contribution in [0.4, 0.5) is 17.1 Å². The lowest BCUT2D eigenvalue weighted by atomic mass is 10.1. The first-order chi connectivity index (χ1) is 11.2. The van der Waals surface area contributed by atoms with Gasteiger partial charge in [-0.1, -0.05) is 52.3 Å². The minimum atomic E-state index is 0.877. The number of hydrogen-bond acceptors (Lipinski definition) is 1. The molecule has 0 aliphatic heterocycles. The van der Waals surface area contributed by atoms with E-state index in [9.17, 15) is 0 Å². The molecule has 0 radical (unpaired) electrons. The maximum atomic E-state index is 3.51. The minimum absolute atomic E-state index is 0.877. The van der Waals surface area contributed by atoms with Crippen molar-refractivity contribution in [3.8, 4) is 0 Å². The maximum Gasteiger partial charge on any atom is 0.0466 e. The molecule has 0 heterocycles. The number of alkyl halides is 1. The molecule has 0 amide bonds. The second-order valence-corrected chi connectivity index (χ2v) is 6.38. The molecule has 3 aromatic rings. The van der Waals surface area contributed by atoms with Crippen molar-refractivity contribution < 1.29 is 0 Å². The molecule has 3 rings (SSSR count). The van der Waals surface area contributed by atoms with Crippen LogP contribution in [0.3, 0.4) is 0 Å². The maximum absolute atomic E-state index is 3.51. The average Bonchev–Trinajstić information content (AvgIpc) is 2.56. The van der Waals surface area contributed by atoms with Gasteiger partial charge in [0.1, 0.15) is 0 Å². The Kier molecular flexibility index (Phi) is 4.82. The Labute approximate surface area is 146 Å². The summed E-state index contributed by atoms with van der Waals surface area (Å²) >= 11 is 3.51. The topological polar surface area (TPSA) is 3.24 Å². The highest BCUT2D eigenvalue weighted by Crippen LogP contribution is 2.35. The van der Waals surface area contributed by atoms with Gasteiger partial charge in [-0.3, -0.25) is 0 Å². The van der Waals surface area contributed by atoms with E-state index in [1.807, 2.05) is 0 Å². The lowest BCUT2D eigenvalue weighted by Gasteiger charge is -2.26. The van der Waals surface area contributed by atoms with Gasteiger partial charge < -0.3 is 4.90 Å². The molecule has 0 fully saturated rings. The van der Waals surface area contributed by atoms with Gasteiger partial charge in [-0.05, 0) is 66.9 Å². The van der Waals surface area contributed by atoms with Gasteiger partial charge in [-0.15, -0.1) is 0 Å². The van der Waals surface area contributed by atoms with E-state index in [0.717, 1.165) is 5.33 Å². The zero-order chi connectivity index (χ0) is 16.2. The molecule has 1 nitrogen and oxygen atoms in total. The highest BCUT2D eigenvalue weighted by atomic mass is 79.9. The third-order valence-corrected chi connectivity index (χ3v) is 4.48. The molecule has 0 atom stereocenters. The predicted octanol–water partition coefficient (Wildman–Crippen LogP) is 6.67. The Morgan fingerprint density at radius 3 is 1.83 bits per heavy atom. The number of benzene rings is 3. The van der Waals surface area contributed by atoms with Crippen molar-refractivity contribution in [1.82, 2.24) is 0 Å². The largest absolute Gasteiger partial charge is 0.310 e. The van der Waals surface area contributed by atoms with E-state index in [0.29, 0.717) is 0 Å². The van der Waals surface area contributed by atoms with E-state index in [1.165, 1.54) is 33.8 Å². The number of nitrogens with zero attached hydrogens (tertiary/aromatic N) is 1. The number of halogens is 1. The van der Waals surface area contributed by atoms with Crippen molar-refractivity contribution in [3.05, 3.63) is 89.5 Å². The number of rotatable bonds is 4. The van der Waals surface area contributed by atoms with E-state index in [4.69, 9.17) is 0 Å². The number of anilines is 3. The molecule has 0 aliphatic carbocycles. The fraction of sp³-hybridized carbons (Fsp3) is 0.143. The zero-order valence-corrected chi connectivity index (χ0v) is 15.0. The zero-order valence-electron chi connectivity index (χ0n) is 13.5. The first kappa shape index (κ1) is 15.8. The predicted molar refractivity (Wildman–Crippen MR) is 103 cm³/mol. The summed E-state index contributed by atoms with van der Waals surface area (Å²) < 4.78 is 0. The fourth-order valence-corrected chi connectivity index (χ4v) is 3.21. The number of hydrogen-bond donors (Lipinski definition) is 0. The van der Waals surface area contributed by atoms with Crippen molar-refractivity contribution in [3.63, 3.8) is 0 Å². The molecule has 3 aromatic carbocycles. The van der Waals surface area contributed by atoms with Gasteiger partial charge in [-0.25, -0.2) is 0 Å². The Morgan fingerprint density at radius 2 is 1.26 bits per heavy atom. The molecule has 0 spiro atoms. The second-order valence-electron chi connectivity index (χ2n) is 5.82. The molecule has 0 unspecified atom stereocenters. The summed E-state index contributed by atoms with van der Waals surface area (Å²) in [6.45, 7) is 4.29. The summed E-state index contributed by atoms with van der Waals surface area (Å²) in [4.78, 5) is 2.30. The molecular formula is C21H20BrN. The fourth-order valence-electron chi connectivity index (χ4n) is 2.84. The van der Waals surface area contributed by atoms with Gasteiger partial charge in [-0.2, -0.15) is 0 Å². The quantitative estimate of drug-likeness (QED) is 0.466. The second kappa shape index (κ2) is 7.01. The van der Waals surface area contributed by atoms with Gasteiger partial charge in [0, 0.05) is 22.4 Å². The molecule has 0 saturated heterocycles. The van der Waals surface area contributed by atoms with Crippen molar-refractivity contribution >= 4 is 33.0 Å². The normalized spacial score (nSPS) is 10.6. The lowest BCUT2D eigenvalue weighted by Crippen LogP contribution is -2.10. The smallest absolute Gasteiger partial charge is 0.0466 e. The van der Waals surface area contributed by atoms with Crippen LogP contribution in [0.15, 0.2) is 72.8 Å². The highest BCUT2D eigenvalue weighted by Gasteiger charge is 2.12. The average molecular weight is 366 g/mol. The summed E-state index contributed by atoms with van der Waals surface area (Å²) in [5, 5.41) is 0.877. The van der Waals surface area contributed by atoms with Crippen LogP contribution in [0.2, 0.25) is 0 Å². The van der Waals surface area contributed by atoms with E-state index in [2.05, 4.69) is 107 Å². The Balaban J connectivity index is 2.13. The van der Waals surface area contributed by atoms with Gasteiger partial charge in [0.25, 0.3) is 0 Å². The molecule has 116 valence electrons. The summed E-state index contributed by atoms with van der Waals surface area (Å²) in [5.74, 6) is 0. The van der Waals surface area contributed by atoms with Crippen LogP contribution in [0.1, 0.15) is 16.7 Å². The molecule has 0 bridgehead atoms. The summed E-state index contributed by atoms with van der Waals surface area (Å²) in [6, 6.07) is 25.9. The van der Waals surface area contributed by atoms with E-state index >= 15 is 0 Å². The summed E-state index contributed by atoms with van der Waals surface area (Å²) in [6.07, 6.45) is 0. The van der Waals surface area contributed by atoms with Gasteiger partial charge in [0.15, 0.2) is 0 Å². The molecule has 23 heavy (non-hydrogen) atoms. The Morgan fingerprint density at radius 1 is 0.696 bits per heavy atom. The van der Waals surface area contributed by atoms with Crippen LogP contribution in [0, 0.1) is 13.8 Å². The van der Waals surface area contributed by atoms with Gasteiger partial charge >= 0.3 is 0 Å². The van der Waals surface area contributed by atoms with Crippen LogP contribution in [0.5, 0.6) is 0 Å². The monoisotopic (exact) mass is 365 g/mol. The number of para-hydroxylation sites is 1. The lowest BCUT2D eigenvalue weighted by molar-refractivity contribution is 1.25. The molecule has 0 saturated carbocycles. The molecule has 2 heteroatoms. The highest BCUT2D eigenvalue weighted by molar-refractivity contribution is 9.08. The van der Waals surface area contributed by atoms with Crippen molar-refractivity contribution in [1.29, 1.82) is 0 Å². The molecule has 0 aliphatic rings. The minimum Gasteiger partial charge on any atom is -0.310 e. The van der Waals surface area contributed by atoms with Crippen LogP contribution >= 0.6 is 15.9 Å². The third kappa shape index (κ3) is 3.65. The SMILES string of the molecule is Cc1cc(C)cc(N(c2ccccc2)c2ccc(CBr)cc2)c1. The standard InChI is InChI=1S/C21H20BrN/c1-16-12-17(2)14-21(13-16)23(19-6-4-3-5-7-19)20-10-8-18(15-22)9-11-20/h3-14H,15H2,1-2H3. The van der Waals surface area contributed by atoms with E-state index in [1.54, 1.807) is 0 Å². The van der Waals surface area contributed by atoms with Gasteiger partial charge in [0.2, 0.25) is 0 Å². The van der Waals surface area contributed by atoms with Crippen molar-refractivity contribution in [2.75, 3.05) is 4.90 Å². The van der Waals surface area contributed by atoms with Crippen LogP contribution in [-0.4, -0.2) is 0 Å². The molecule has 0 aromatic heterocycles. The van der Waals surface area contributed by atoms with Crippen molar-refractivity contribution in [2.24, 2.45) is 0 Å². The molecular weight excluding hydrogens is 346 g/mol. The third-order valence-electron chi connectivity index (χ3n) is 3.83. The van der Waals surface area contributed by atoms with Crippen molar-refractivity contribution in [2.45, 2.75) is 19.2 Å². The number of aryl methyl sites for hydroxylation is 2. The first-order valence-corrected chi connectivity index (χ1v) is 8.88. The molecule has 0 N–H and O–H groups in total. The van der Waals surface area contributed by atoms with E-state index in [-0.39, 0.29) is 0 Å². The van der Waals surface area contributed by atoms with E-state index < -0.39 is 0 Å².